The Morgan fingerprint density at radius 3 is 2.83 bits per heavy atom. The van der Waals surface area contributed by atoms with Crippen LogP contribution in [-0.4, -0.2) is 49.1 Å². The van der Waals surface area contributed by atoms with Crippen LogP contribution in [0.2, 0.25) is 0 Å². The van der Waals surface area contributed by atoms with Gasteiger partial charge in [-0.2, -0.15) is 0 Å². The number of rotatable bonds is 5. The Kier molecular flexibility index (Phi) is 5.42. The Labute approximate surface area is 110 Å². The van der Waals surface area contributed by atoms with E-state index in [1.54, 1.807) is 0 Å². The van der Waals surface area contributed by atoms with Gasteiger partial charge in [-0.05, 0) is 26.2 Å². The van der Waals surface area contributed by atoms with Crippen molar-refractivity contribution in [2.75, 3.05) is 26.3 Å². The monoisotopic (exact) mass is 256 g/mol. The van der Waals surface area contributed by atoms with Crippen LogP contribution in [-0.2, 0) is 4.74 Å². The summed E-state index contributed by atoms with van der Waals surface area (Å²) in [6.45, 7) is 5.54. The van der Waals surface area contributed by atoms with Gasteiger partial charge in [0, 0.05) is 25.2 Å². The molecule has 1 saturated carbocycles. The highest BCUT2D eigenvalue weighted by molar-refractivity contribution is 4.86. The Morgan fingerprint density at radius 1 is 1.39 bits per heavy atom. The first-order valence-electron chi connectivity index (χ1n) is 7.45. The smallest absolute Gasteiger partial charge is 0.0771 e. The Bertz CT molecular complexity index is 236. The van der Waals surface area contributed by atoms with Crippen molar-refractivity contribution in [1.82, 2.24) is 10.6 Å². The molecule has 2 atom stereocenters. The molecule has 0 spiro atoms. The molecule has 0 bridgehead atoms. The molecule has 18 heavy (non-hydrogen) atoms. The zero-order valence-electron chi connectivity index (χ0n) is 11.6. The predicted molar refractivity (Wildman–Crippen MR) is 72.7 cm³/mol. The summed E-state index contributed by atoms with van der Waals surface area (Å²) in [5.41, 5.74) is -0.455. The van der Waals surface area contributed by atoms with Crippen LogP contribution >= 0.6 is 0 Å². The number of hydrogen-bond acceptors (Lipinski definition) is 4. The molecule has 3 N–H and O–H groups in total. The van der Waals surface area contributed by atoms with Crippen LogP contribution in [0.4, 0.5) is 0 Å². The zero-order chi connectivity index (χ0) is 12.8. The van der Waals surface area contributed by atoms with Gasteiger partial charge in [-0.1, -0.05) is 19.3 Å². The lowest BCUT2D eigenvalue weighted by molar-refractivity contribution is 0.00184. The normalized spacial score (nSPS) is 30.0. The third-order valence-corrected chi connectivity index (χ3v) is 4.20. The molecule has 4 heteroatoms. The van der Waals surface area contributed by atoms with Gasteiger partial charge in [0.2, 0.25) is 0 Å². The van der Waals surface area contributed by atoms with Crippen LogP contribution in [0.15, 0.2) is 0 Å². The second-order valence-corrected chi connectivity index (χ2v) is 6.03. The molecule has 106 valence electrons. The van der Waals surface area contributed by atoms with Gasteiger partial charge in [-0.3, -0.25) is 0 Å². The molecule has 0 radical (unpaired) electrons. The summed E-state index contributed by atoms with van der Waals surface area (Å²) in [6.07, 6.45) is 6.60. The van der Waals surface area contributed by atoms with E-state index < -0.39 is 5.60 Å². The Morgan fingerprint density at radius 2 is 2.17 bits per heavy atom. The number of hydrogen-bond donors (Lipinski definition) is 3. The van der Waals surface area contributed by atoms with Crippen molar-refractivity contribution >= 4 is 0 Å². The number of ether oxygens (including phenoxy) is 1. The lowest BCUT2D eigenvalue weighted by Gasteiger charge is -2.34. The van der Waals surface area contributed by atoms with E-state index in [9.17, 15) is 5.11 Å². The molecule has 0 aromatic rings. The van der Waals surface area contributed by atoms with E-state index in [0.717, 1.165) is 45.6 Å². The number of morpholine rings is 1. The van der Waals surface area contributed by atoms with Crippen molar-refractivity contribution in [3.8, 4) is 0 Å². The van der Waals surface area contributed by atoms with E-state index in [-0.39, 0.29) is 0 Å². The zero-order valence-corrected chi connectivity index (χ0v) is 11.6. The minimum absolute atomic E-state index is 0.426. The van der Waals surface area contributed by atoms with Gasteiger partial charge < -0.3 is 20.5 Å². The number of aliphatic hydroxyl groups is 1. The highest BCUT2D eigenvalue weighted by atomic mass is 16.5. The van der Waals surface area contributed by atoms with Crippen LogP contribution in [0.3, 0.4) is 0 Å². The molecule has 0 aromatic heterocycles. The molecular formula is C14H28N2O2. The maximum atomic E-state index is 10.4. The Balaban J connectivity index is 1.65. The van der Waals surface area contributed by atoms with Crippen LogP contribution in [0.1, 0.15) is 45.4 Å². The van der Waals surface area contributed by atoms with Crippen LogP contribution in [0.25, 0.3) is 0 Å². The molecule has 0 aromatic carbocycles. The molecular weight excluding hydrogens is 228 g/mol. The fourth-order valence-electron chi connectivity index (χ4n) is 3.03. The lowest BCUT2D eigenvalue weighted by atomic mass is 9.84. The summed E-state index contributed by atoms with van der Waals surface area (Å²) >= 11 is 0. The maximum Gasteiger partial charge on any atom is 0.0771 e. The topological polar surface area (TPSA) is 53.5 Å². The van der Waals surface area contributed by atoms with Crippen LogP contribution < -0.4 is 10.6 Å². The van der Waals surface area contributed by atoms with Crippen LogP contribution in [0, 0.1) is 0 Å². The third-order valence-electron chi connectivity index (χ3n) is 4.20. The maximum absolute atomic E-state index is 10.4. The summed E-state index contributed by atoms with van der Waals surface area (Å²) < 4.78 is 5.46. The van der Waals surface area contributed by atoms with E-state index >= 15 is 0 Å². The second kappa shape index (κ2) is 6.85. The molecule has 2 aliphatic rings. The first-order chi connectivity index (χ1) is 8.68. The van der Waals surface area contributed by atoms with Gasteiger partial charge in [-0.15, -0.1) is 0 Å². The molecule has 1 saturated heterocycles. The lowest BCUT2D eigenvalue weighted by Crippen LogP contribution is -2.48. The van der Waals surface area contributed by atoms with Crippen molar-refractivity contribution in [1.29, 1.82) is 0 Å². The molecule has 2 fully saturated rings. The summed E-state index contributed by atoms with van der Waals surface area (Å²) in [7, 11) is 0. The van der Waals surface area contributed by atoms with Gasteiger partial charge >= 0.3 is 0 Å². The van der Waals surface area contributed by atoms with Gasteiger partial charge in [0.1, 0.15) is 0 Å². The van der Waals surface area contributed by atoms with Crippen molar-refractivity contribution in [2.24, 2.45) is 0 Å². The van der Waals surface area contributed by atoms with E-state index in [4.69, 9.17) is 4.74 Å². The van der Waals surface area contributed by atoms with E-state index in [1.807, 2.05) is 0 Å². The standard InChI is InChI=1S/C14H28N2O2/c1-12(9-13-10-18-8-7-15-13)16-11-14(17)5-3-2-4-6-14/h12-13,15-17H,2-11H2,1H3. The summed E-state index contributed by atoms with van der Waals surface area (Å²) in [4.78, 5) is 0. The first kappa shape index (κ1) is 14.3. The minimum atomic E-state index is -0.455. The average Bonchev–Trinajstić information content (AvgIpc) is 2.39. The Hall–Kier alpha value is -0.160. The summed E-state index contributed by atoms with van der Waals surface area (Å²) in [6, 6.07) is 0.886. The van der Waals surface area contributed by atoms with Crippen molar-refractivity contribution < 1.29 is 9.84 Å². The summed E-state index contributed by atoms with van der Waals surface area (Å²) in [5.74, 6) is 0. The van der Waals surface area contributed by atoms with Crippen molar-refractivity contribution in [3.05, 3.63) is 0 Å². The molecule has 1 aliphatic carbocycles. The molecule has 4 nitrogen and oxygen atoms in total. The number of nitrogens with one attached hydrogen (secondary N) is 2. The molecule has 2 unspecified atom stereocenters. The molecule has 1 heterocycles. The molecule has 0 amide bonds. The third kappa shape index (κ3) is 4.50. The summed E-state index contributed by atoms with van der Waals surface area (Å²) in [5, 5.41) is 17.4. The molecule has 2 rings (SSSR count). The van der Waals surface area contributed by atoms with E-state index in [2.05, 4.69) is 17.6 Å². The SMILES string of the molecule is CC(CC1COCCN1)NCC1(O)CCCCC1. The quantitative estimate of drug-likeness (QED) is 0.688. The highest BCUT2D eigenvalue weighted by Crippen LogP contribution is 2.27. The average molecular weight is 256 g/mol. The molecule has 1 aliphatic heterocycles. The van der Waals surface area contributed by atoms with Gasteiger partial charge in [-0.25, -0.2) is 0 Å². The van der Waals surface area contributed by atoms with Gasteiger partial charge in [0.15, 0.2) is 0 Å². The van der Waals surface area contributed by atoms with Crippen molar-refractivity contribution in [2.45, 2.75) is 63.1 Å². The minimum Gasteiger partial charge on any atom is -0.389 e. The van der Waals surface area contributed by atoms with Gasteiger partial charge in [0.05, 0.1) is 18.8 Å². The van der Waals surface area contributed by atoms with Gasteiger partial charge in [0.25, 0.3) is 0 Å². The second-order valence-electron chi connectivity index (χ2n) is 6.03. The van der Waals surface area contributed by atoms with Crippen LogP contribution in [0.5, 0.6) is 0 Å². The largest absolute Gasteiger partial charge is 0.389 e. The van der Waals surface area contributed by atoms with Crippen molar-refractivity contribution in [3.63, 3.8) is 0 Å². The predicted octanol–water partition coefficient (Wildman–Crippen LogP) is 1.04. The highest BCUT2D eigenvalue weighted by Gasteiger charge is 2.29. The van der Waals surface area contributed by atoms with E-state index in [0.29, 0.717) is 12.1 Å². The first-order valence-corrected chi connectivity index (χ1v) is 7.45. The fraction of sp³-hybridized carbons (Fsp3) is 1.00. The fourth-order valence-corrected chi connectivity index (χ4v) is 3.03. The van der Waals surface area contributed by atoms with E-state index in [1.165, 1.54) is 19.3 Å².